The molecule has 0 aliphatic heterocycles. The predicted octanol–water partition coefficient (Wildman–Crippen LogP) is -2.12. The summed E-state index contributed by atoms with van der Waals surface area (Å²) in [6.45, 7) is -1.62. The highest BCUT2D eigenvalue weighted by Crippen LogP contribution is 2.11. The second-order valence-electron chi connectivity index (χ2n) is 3.42. The van der Waals surface area contributed by atoms with E-state index in [1.54, 1.807) is 0 Å². The number of rotatable bonds is 7. The van der Waals surface area contributed by atoms with E-state index >= 15 is 0 Å². The average Bonchev–Trinajstić information content (AvgIpc) is 2.31. The number of aliphatic carboxylic acids is 2. The predicted molar refractivity (Wildman–Crippen MR) is 55.3 cm³/mol. The standard InChI is InChI=1S/C5H12O4.C4H6O4/c6-1-5(2-7,3-8)4-9;5-3(6)1-2-4(7)8/h6-9H,1-4H2;1-2H2,(H,5,6)(H,7,8). The Morgan fingerprint density at radius 2 is 0.941 bits per heavy atom. The lowest BCUT2D eigenvalue weighted by Crippen LogP contribution is -2.37. The van der Waals surface area contributed by atoms with E-state index in [0.717, 1.165) is 0 Å². The molecule has 8 nitrogen and oxygen atoms in total. The van der Waals surface area contributed by atoms with Crippen molar-refractivity contribution in [2.75, 3.05) is 26.4 Å². The summed E-state index contributed by atoms with van der Waals surface area (Å²) in [6, 6.07) is 0. The van der Waals surface area contributed by atoms with E-state index < -0.39 is 43.8 Å². The molecule has 0 atom stereocenters. The molecule has 0 aromatic carbocycles. The quantitative estimate of drug-likeness (QED) is 0.301. The largest absolute Gasteiger partial charge is 0.481 e. The Hall–Kier alpha value is -1.22. The van der Waals surface area contributed by atoms with Crippen molar-refractivity contribution in [1.82, 2.24) is 0 Å². The van der Waals surface area contributed by atoms with Gasteiger partial charge in [0, 0.05) is 0 Å². The maximum Gasteiger partial charge on any atom is 0.303 e. The summed E-state index contributed by atoms with van der Waals surface area (Å²) in [6.07, 6.45) is -0.593. The lowest BCUT2D eigenvalue weighted by molar-refractivity contribution is -0.143. The van der Waals surface area contributed by atoms with Crippen molar-refractivity contribution in [1.29, 1.82) is 0 Å². The molecule has 0 saturated heterocycles. The molecule has 0 rings (SSSR count). The first-order chi connectivity index (χ1) is 7.87. The molecule has 0 spiro atoms. The van der Waals surface area contributed by atoms with E-state index in [1.807, 2.05) is 0 Å². The summed E-state index contributed by atoms with van der Waals surface area (Å²) in [7, 11) is 0. The normalized spacial score (nSPS) is 10.4. The Kier molecular flexibility index (Phi) is 10.6. The van der Waals surface area contributed by atoms with E-state index in [4.69, 9.17) is 30.6 Å². The molecule has 0 aliphatic carbocycles. The first-order valence-electron chi connectivity index (χ1n) is 4.74. The number of carbonyl (C=O) groups is 2. The molecule has 6 N–H and O–H groups in total. The molecule has 8 heteroatoms. The molecule has 0 heterocycles. The first kappa shape index (κ1) is 18.2. The minimum Gasteiger partial charge on any atom is -0.481 e. The monoisotopic (exact) mass is 254 g/mol. The second-order valence-corrected chi connectivity index (χ2v) is 3.42. The lowest BCUT2D eigenvalue weighted by Gasteiger charge is -2.23. The second kappa shape index (κ2) is 9.97. The van der Waals surface area contributed by atoms with E-state index in [2.05, 4.69) is 0 Å². The van der Waals surface area contributed by atoms with Gasteiger partial charge in [-0.1, -0.05) is 0 Å². The molecule has 0 unspecified atom stereocenters. The van der Waals surface area contributed by atoms with Crippen LogP contribution in [0, 0.1) is 5.41 Å². The van der Waals surface area contributed by atoms with Crippen molar-refractivity contribution < 1.29 is 40.2 Å². The minimum atomic E-state index is -1.11. The van der Waals surface area contributed by atoms with Gasteiger partial charge in [-0.05, 0) is 0 Å². The third-order valence-electron chi connectivity index (χ3n) is 1.89. The van der Waals surface area contributed by atoms with Gasteiger partial charge >= 0.3 is 11.9 Å². The van der Waals surface area contributed by atoms with Crippen molar-refractivity contribution in [2.24, 2.45) is 5.41 Å². The van der Waals surface area contributed by atoms with Gasteiger partial charge in [0.15, 0.2) is 0 Å². The Labute approximate surface area is 97.8 Å². The summed E-state index contributed by atoms with van der Waals surface area (Å²) in [4.78, 5) is 19.3. The average molecular weight is 254 g/mol. The molecule has 17 heavy (non-hydrogen) atoms. The van der Waals surface area contributed by atoms with Gasteiger partial charge in [-0.25, -0.2) is 0 Å². The first-order valence-corrected chi connectivity index (χ1v) is 4.74. The summed E-state index contributed by atoms with van der Waals surface area (Å²) in [5.41, 5.74) is -1.11. The van der Waals surface area contributed by atoms with Gasteiger partial charge in [-0.15, -0.1) is 0 Å². The fraction of sp³-hybridized carbons (Fsp3) is 0.778. The third-order valence-corrected chi connectivity index (χ3v) is 1.89. The van der Waals surface area contributed by atoms with Gasteiger partial charge < -0.3 is 30.6 Å². The maximum atomic E-state index is 9.64. The van der Waals surface area contributed by atoms with Crippen LogP contribution in [0.15, 0.2) is 0 Å². The highest BCUT2D eigenvalue weighted by atomic mass is 16.4. The molecular weight excluding hydrogens is 236 g/mol. The Morgan fingerprint density at radius 1 is 0.706 bits per heavy atom. The molecule has 0 fully saturated rings. The van der Waals surface area contributed by atoms with Crippen LogP contribution >= 0.6 is 0 Å². The maximum absolute atomic E-state index is 9.64. The molecule has 0 saturated carbocycles. The van der Waals surface area contributed by atoms with Crippen LogP contribution in [0.4, 0.5) is 0 Å². The molecule has 0 bridgehead atoms. The van der Waals surface area contributed by atoms with Crippen LogP contribution in [-0.2, 0) is 9.59 Å². The van der Waals surface area contributed by atoms with Gasteiger partial charge in [0.25, 0.3) is 0 Å². The number of aliphatic hydroxyl groups is 4. The highest BCUT2D eigenvalue weighted by Gasteiger charge is 2.26. The molecule has 0 aromatic heterocycles. The van der Waals surface area contributed by atoms with Crippen molar-refractivity contribution in [3.63, 3.8) is 0 Å². The number of carboxylic acids is 2. The van der Waals surface area contributed by atoms with Crippen molar-refractivity contribution in [3.05, 3.63) is 0 Å². The van der Waals surface area contributed by atoms with Crippen molar-refractivity contribution in [3.8, 4) is 0 Å². The fourth-order valence-electron chi connectivity index (χ4n) is 0.514. The zero-order chi connectivity index (χ0) is 13.9. The summed E-state index contributed by atoms with van der Waals surface area (Å²) < 4.78 is 0. The molecular formula is C9H18O8. The van der Waals surface area contributed by atoms with Crippen LogP contribution in [-0.4, -0.2) is 69.0 Å². The topological polar surface area (TPSA) is 156 Å². The van der Waals surface area contributed by atoms with Crippen LogP contribution in [0.2, 0.25) is 0 Å². The van der Waals surface area contributed by atoms with Gasteiger partial charge in [0.2, 0.25) is 0 Å². The van der Waals surface area contributed by atoms with Crippen LogP contribution < -0.4 is 0 Å². The van der Waals surface area contributed by atoms with Crippen LogP contribution in [0.1, 0.15) is 12.8 Å². The lowest BCUT2D eigenvalue weighted by atomic mass is 9.93. The number of aliphatic hydroxyl groups excluding tert-OH is 4. The Morgan fingerprint density at radius 3 is 1.00 bits per heavy atom. The number of carboxylic acid groups (broad SMARTS) is 2. The summed E-state index contributed by atoms with van der Waals surface area (Å²) in [5.74, 6) is -2.15. The molecule has 0 amide bonds. The third kappa shape index (κ3) is 9.69. The van der Waals surface area contributed by atoms with Gasteiger partial charge in [-0.2, -0.15) is 0 Å². The minimum absolute atomic E-state index is 0.296. The zero-order valence-electron chi connectivity index (χ0n) is 9.24. The van der Waals surface area contributed by atoms with E-state index in [1.165, 1.54) is 0 Å². The van der Waals surface area contributed by atoms with Gasteiger partial charge in [0.05, 0.1) is 44.7 Å². The highest BCUT2D eigenvalue weighted by molar-refractivity contribution is 5.75. The van der Waals surface area contributed by atoms with Crippen molar-refractivity contribution >= 4 is 11.9 Å². The molecule has 0 aliphatic rings. The van der Waals surface area contributed by atoms with Crippen LogP contribution in [0.3, 0.4) is 0 Å². The summed E-state index contributed by atoms with van der Waals surface area (Å²) in [5, 5.41) is 49.8. The van der Waals surface area contributed by atoms with Gasteiger partial charge in [-0.3, -0.25) is 9.59 Å². The molecule has 0 aromatic rings. The van der Waals surface area contributed by atoms with Crippen LogP contribution in [0.25, 0.3) is 0 Å². The number of hydrogen-bond acceptors (Lipinski definition) is 6. The summed E-state index contributed by atoms with van der Waals surface area (Å²) >= 11 is 0. The van der Waals surface area contributed by atoms with E-state index in [0.29, 0.717) is 0 Å². The fourth-order valence-corrected chi connectivity index (χ4v) is 0.514. The van der Waals surface area contributed by atoms with Crippen LogP contribution in [0.5, 0.6) is 0 Å². The van der Waals surface area contributed by atoms with E-state index in [9.17, 15) is 9.59 Å². The number of hydrogen-bond donors (Lipinski definition) is 6. The Bertz CT molecular complexity index is 192. The smallest absolute Gasteiger partial charge is 0.303 e. The SMILES string of the molecule is O=C(O)CCC(=O)O.OCC(CO)(CO)CO. The van der Waals surface area contributed by atoms with Gasteiger partial charge in [0.1, 0.15) is 0 Å². The molecule has 0 radical (unpaired) electrons. The zero-order valence-corrected chi connectivity index (χ0v) is 9.24. The van der Waals surface area contributed by atoms with Crippen molar-refractivity contribution in [2.45, 2.75) is 12.8 Å². The Balaban J connectivity index is 0. The molecule has 102 valence electrons. The van der Waals surface area contributed by atoms with E-state index in [-0.39, 0.29) is 12.8 Å².